The molecule has 0 bridgehead atoms. The van der Waals surface area contributed by atoms with Crippen LogP contribution in [-0.4, -0.2) is 36.4 Å². The average molecular weight is 266 g/mol. The monoisotopic (exact) mass is 266 g/mol. The van der Waals surface area contributed by atoms with Gasteiger partial charge >= 0.3 is 11.7 Å². The zero-order chi connectivity index (χ0) is 14.2. The standard InChI is InChI=1S/C9H10N6O4/c1-14-6-5(7(18)15(2)9(14)19)11-8(12-6)13-10-3-4(16)17/h3H,1-2H3,(H,16,17)(H2,11,12,13)/b10-3-. The lowest BCUT2D eigenvalue weighted by molar-refractivity contribution is -0.128. The molecule has 0 aliphatic carbocycles. The molecule has 2 heterocycles. The van der Waals surface area contributed by atoms with Gasteiger partial charge in [0.2, 0.25) is 5.95 Å². The van der Waals surface area contributed by atoms with Crippen molar-refractivity contribution in [2.24, 2.45) is 19.2 Å². The van der Waals surface area contributed by atoms with Crippen molar-refractivity contribution in [1.82, 2.24) is 19.1 Å². The fourth-order valence-electron chi connectivity index (χ4n) is 1.53. The number of carbonyl (C=O) groups is 1. The van der Waals surface area contributed by atoms with Crippen LogP contribution in [0.4, 0.5) is 5.95 Å². The molecule has 3 N–H and O–H groups in total. The summed E-state index contributed by atoms with van der Waals surface area (Å²) in [5.41, 5.74) is 1.56. The number of hydrazone groups is 1. The maximum absolute atomic E-state index is 11.8. The smallest absolute Gasteiger partial charge is 0.348 e. The molecule has 2 aromatic heterocycles. The number of H-pyrrole nitrogens is 1. The van der Waals surface area contributed by atoms with E-state index in [4.69, 9.17) is 5.11 Å². The molecule has 0 atom stereocenters. The van der Waals surface area contributed by atoms with Crippen LogP contribution in [0.2, 0.25) is 0 Å². The van der Waals surface area contributed by atoms with Crippen molar-refractivity contribution in [2.75, 3.05) is 5.43 Å². The van der Waals surface area contributed by atoms with Crippen molar-refractivity contribution >= 4 is 29.3 Å². The predicted octanol–water partition coefficient (Wildman–Crippen LogP) is -1.56. The van der Waals surface area contributed by atoms with Gasteiger partial charge < -0.3 is 10.1 Å². The number of carboxylic acids is 1. The molecular formula is C9H10N6O4. The lowest BCUT2D eigenvalue weighted by atomic mass is 10.5. The number of aryl methyl sites for hydroxylation is 1. The molecule has 0 unspecified atom stereocenters. The van der Waals surface area contributed by atoms with Gasteiger partial charge in [-0.3, -0.25) is 13.9 Å². The molecule has 10 heteroatoms. The normalized spacial score (nSPS) is 11.3. The van der Waals surface area contributed by atoms with E-state index in [1.54, 1.807) is 0 Å². The van der Waals surface area contributed by atoms with E-state index < -0.39 is 17.2 Å². The molecule has 2 rings (SSSR count). The van der Waals surface area contributed by atoms with Crippen molar-refractivity contribution < 1.29 is 9.90 Å². The van der Waals surface area contributed by atoms with Gasteiger partial charge in [-0.1, -0.05) is 0 Å². The second kappa shape index (κ2) is 4.40. The molecule has 0 saturated heterocycles. The molecule has 0 fully saturated rings. The third-order valence-corrected chi connectivity index (χ3v) is 2.44. The number of hydrogen-bond acceptors (Lipinski definition) is 6. The minimum absolute atomic E-state index is 0.0609. The van der Waals surface area contributed by atoms with Crippen LogP contribution in [-0.2, 0) is 18.9 Å². The number of anilines is 1. The number of aromatic amines is 1. The lowest BCUT2D eigenvalue weighted by Gasteiger charge is -2.00. The summed E-state index contributed by atoms with van der Waals surface area (Å²) in [6.07, 6.45) is 0.629. The predicted molar refractivity (Wildman–Crippen MR) is 66.3 cm³/mol. The Bertz CT molecular complexity index is 795. The maximum Gasteiger partial charge on any atom is 0.348 e. The van der Waals surface area contributed by atoms with Crippen LogP contribution in [0.3, 0.4) is 0 Å². The molecular weight excluding hydrogens is 256 g/mol. The van der Waals surface area contributed by atoms with Crippen molar-refractivity contribution in [3.63, 3.8) is 0 Å². The van der Waals surface area contributed by atoms with Crippen LogP contribution in [0.1, 0.15) is 0 Å². The highest BCUT2D eigenvalue weighted by Gasteiger charge is 2.12. The van der Waals surface area contributed by atoms with E-state index in [9.17, 15) is 14.4 Å². The average Bonchev–Trinajstić information content (AvgIpc) is 2.77. The highest BCUT2D eigenvalue weighted by Crippen LogP contribution is 2.07. The molecule has 10 nitrogen and oxygen atoms in total. The first-order valence-electron chi connectivity index (χ1n) is 5.09. The second-order valence-corrected chi connectivity index (χ2v) is 3.70. The third-order valence-electron chi connectivity index (χ3n) is 2.44. The van der Waals surface area contributed by atoms with Gasteiger partial charge in [-0.05, 0) is 0 Å². The van der Waals surface area contributed by atoms with Crippen LogP contribution in [0.15, 0.2) is 14.7 Å². The summed E-state index contributed by atoms with van der Waals surface area (Å²) in [4.78, 5) is 40.3. The lowest BCUT2D eigenvalue weighted by Crippen LogP contribution is -2.36. The Hall–Kier alpha value is -2.91. The summed E-state index contributed by atoms with van der Waals surface area (Å²) < 4.78 is 2.13. The van der Waals surface area contributed by atoms with Gasteiger partial charge in [-0.15, -0.1) is 0 Å². The fraction of sp³-hybridized carbons (Fsp3) is 0.222. The van der Waals surface area contributed by atoms with E-state index in [0.29, 0.717) is 6.21 Å². The van der Waals surface area contributed by atoms with E-state index in [0.717, 1.165) is 4.57 Å². The van der Waals surface area contributed by atoms with Crippen LogP contribution in [0.25, 0.3) is 11.2 Å². The number of aromatic nitrogens is 4. The summed E-state index contributed by atoms with van der Waals surface area (Å²) in [5, 5.41) is 11.7. The summed E-state index contributed by atoms with van der Waals surface area (Å²) in [5.74, 6) is -1.17. The van der Waals surface area contributed by atoms with Crippen LogP contribution >= 0.6 is 0 Å². The highest BCUT2D eigenvalue weighted by molar-refractivity contribution is 6.22. The maximum atomic E-state index is 11.8. The van der Waals surface area contributed by atoms with Gasteiger partial charge in [-0.25, -0.2) is 15.0 Å². The van der Waals surface area contributed by atoms with Crippen LogP contribution in [0.5, 0.6) is 0 Å². The van der Waals surface area contributed by atoms with Crippen molar-refractivity contribution in [3.8, 4) is 0 Å². The SMILES string of the molecule is Cn1c(=O)c2[nH]c(N/N=C\C(=O)O)nc2n(C)c1=O. The highest BCUT2D eigenvalue weighted by atomic mass is 16.4. The van der Waals surface area contributed by atoms with E-state index in [1.807, 2.05) is 0 Å². The molecule has 2 aromatic rings. The molecule has 19 heavy (non-hydrogen) atoms. The number of nitrogens with one attached hydrogen (secondary N) is 2. The zero-order valence-corrected chi connectivity index (χ0v) is 10.0. The van der Waals surface area contributed by atoms with Gasteiger partial charge in [0.1, 0.15) is 6.21 Å². The van der Waals surface area contributed by atoms with Gasteiger partial charge in [-0.2, -0.15) is 10.1 Å². The van der Waals surface area contributed by atoms with E-state index in [-0.39, 0.29) is 17.1 Å². The van der Waals surface area contributed by atoms with Crippen molar-refractivity contribution in [2.45, 2.75) is 0 Å². The summed E-state index contributed by atoms with van der Waals surface area (Å²) >= 11 is 0. The van der Waals surface area contributed by atoms with Gasteiger partial charge in [0, 0.05) is 14.1 Å². The minimum Gasteiger partial charge on any atom is -0.477 e. The van der Waals surface area contributed by atoms with Crippen molar-refractivity contribution in [3.05, 3.63) is 20.8 Å². The third kappa shape index (κ3) is 2.10. The van der Waals surface area contributed by atoms with E-state index in [1.165, 1.54) is 18.7 Å². The Balaban J connectivity index is 2.55. The molecule has 100 valence electrons. The quantitative estimate of drug-likeness (QED) is 0.454. The Morgan fingerprint density at radius 3 is 2.74 bits per heavy atom. The van der Waals surface area contributed by atoms with Gasteiger partial charge in [0.15, 0.2) is 11.2 Å². The topological polar surface area (TPSA) is 134 Å². The molecule has 0 aromatic carbocycles. The molecule has 0 saturated carbocycles. The van der Waals surface area contributed by atoms with Crippen LogP contribution in [0, 0.1) is 0 Å². The fourth-order valence-corrected chi connectivity index (χ4v) is 1.53. The number of fused-ring (bicyclic) bond motifs is 1. The number of hydrogen-bond donors (Lipinski definition) is 3. The summed E-state index contributed by atoms with van der Waals surface area (Å²) in [6, 6.07) is 0. The Morgan fingerprint density at radius 2 is 2.11 bits per heavy atom. The van der Waals surface area contributed by atoms with Crippen LogP contribution < -0.4 is 16.7 Å². The molecule has 0 aliphatic rings. The number of aliphatic carboxylic acids is 1. The molecule has 0 aliphatic heterocycles. The van der Waals surface area contributed by atoms with E-state index >= 15 is 0 Å². The number of imidazole rings is 1. The Morgan fingerprint density at radius 1 is 1.42 bits per heavy atom. The largest absolute Gasteiger partial charge is 0.477 e. The molecule has 0 amide bonds. The van der Waals surface area contributed by atoms with Crippen molar-refractivity contribution in [1.29, 1.82) is 0 Å². The summed E-state index contributed by atoms with van der Waals surface area (Å²) in [7, 11) is 2.82. The van der Waals surface area contributed by atoms with Gasteiger partial charge in [0.25, 0.3) is 5.56 Å². The number of nitrogens with zero attached hydrogens (tertiary/aromatic N) is 4. The van der Waals surface area contributed by atoms with E-state index in [2.05, 4.69) is 20.5 Å². The first-order chi connectivity index (χ1) is 8.91. The summed E-state index contributed by atoms with van der Waals surface area (Å²) in [6.45, 7) is 0. The Kier molecular flexibility index (Phi) is 2.91. The number of rotatable bonds is 3. The zero-order valence-electron chi connectivity index (χ0n) is 10.0. The first kappa shape index (κ1) is 12.5. The first-order valence-corrected chi connectivity index (χ1v) is 5.09. The Labute approximate surface area is 105 Å². The molecule has 0 spiro atoms. The second-order valence-electron chi connectivity index (χ2n) is 3.70. The number of carboxylic acid groups (broad SMARTS) is 1. The van der Waals surface area contributed by atoms with Gasteiger partial charge in [0.05, 0.1) is 0 Å². The molecule has 0 radical (unpaired) electrons. The minimum atomic E-state index is -1.23.